The van der Waals surface area contributed by atoms with Gasteiger partial charge in [-0.15, -0.1) is 0 Å². The minimum Gasteiger partial charge on any atom is -0.481 e. The van der Waals surface area contributed by atoms with Gasteiger partial charge in [-0.05, 0) is 104 Å². The number of carbonyl (C=O) groups is 1. The van der Waals surface area contributed by atoms with Crippen LogP contribution < -0.4 is 0 Å². The van der Waals surface area contributed by atoms with E-state index in [9.17, 15) is 15.0 Å². The molecule has 0 aromatic carbocycles. The molecule has 5 heteroatoms. The molecule has 0 amide bonds. The van der Waals surface area contributed by atoms with E-state index in [2.05, 4.69) is 20.8 Å². The van der Waals surface area contributed by atoms with Crippen molar-refractivity contribution < 1.29 is 37.2 Å². The summed E-state index contributed by atoms with van der Waals surface area (Å²) < 4.78 is 0. The summed E-state index contributed by atoms with van der Waals surface area (Å²) in [7, 11) is 0. The van der Waals surface area contributed by atoms with E-state index in [-0.39, 0.29) is 46.5 Å². The summed E-state index contributed by atoms with van der Waals surface area (Å²) in [6.07, 6.45) is 9.26. The summed E-state index contributed by atoms with van der Waals surface area (Å²) in [6, 6.07) is 0. The zero-order valence-electron chi connectivity index (χ0n) is 18.3. The van der Waals surface area contributed by atoms with Gasteiger partial charge in [-0.3, -0.25) is 4.79 Å². The predicted octanol–water partition coefficient (Wildman–Crippen LogP) is 4.48. The standard InChI is InChI=1S/C24H40O4.Mn/c1-14(4-9-22(27)28)18-7-8-19-17-6-5-15-12-16(25)10-11-23(15,2)20(17)13-21(26)24(18,19)3;/h14-21,25-26H,4-13H2,1-3H3,(H,27,28);/q;+2/t14?,15-,16-,17+,18-,19+,20+,21+,23+,24-;/m1./s1. The average molecular weight is 448 g/mol. The second kappa shape index (κ2) is 8.45. The summed E-state index contributed by atoms with van der Waals surface area (Å²) in [4.78, 5) is 11.1. The Morgan fingerprint density at radius 3 is 2.45 bits per heavy atom. The van der Waals surface area contributed by atoms with Crippen LogP contribution in [-0.4, -0.2) is 33.5 Å². The summed E-state index contributed by atoms with van der Waals surface area (Å²) >= 11 is 0. The van der Waals surface area contributed by atoms with Crippen molar-refractivity contribution in [2.45, 2.75) is 97.2 Å². The normalized spacial score (nSPS) is 49.9. The Bertz CT molecular complexity index is 612. The van der Waals surface area contributed by atoms with Gasteiger partial charge in [-0.1, -0.05) is 20.8 Å². The van der Waals surface area contributed by atoms with E-state index in [1.165, 1.54) is 19.3 Å². The molecular formula is C24H40MnO4+2. The molecule has 4 aliphatic rings. The zero-order valence-corrected chi connectivity index (χ0v) is 19.5. The number of aliphatic carboxylic acids is 1. The number of hydrogen-bond acceptors (Lipinski definition) is 3. The first-order chi connectivity index (χ1) is 13.2. The first kappa shape index (κ1) is 23.6. The van der Waals surface area contributed by atoms with Gasteiger partial charge in [0.15, 0.2) is 0 Å². The molecule has 1 unspecified atom stereocenters. The van der Waals surface area contributed by atoms with Crippen LogP contribution in [0.25, 0.3) is 0 Å². The molecule has 29 heavy (non-hydrogen) atoms. The van der Waals surface area contributed by atoms with Gasteiger partial charge in [0.25, 0.3) is 0 Å². The molecule has 4 rings (SSSR count). The van der Waals surface area contributed by atoms with Crippen molar-refractivity contribution in [1.29, 1.82) is 0 Å². The first-order valence-corrected chi connectivity index (χ1v) is 11.8. The number of hydrogen-bond donors (Lipinski definition) is 3. The third-order valence-corrected chi connectivity index (χ3v) is 10.3. The largest absolute Gasteiger partial charge is 2.00 e. The summed E-state index contributed by atoms with van der Waals surface area (Å²) in [5, 5.41) is 30.8. The number of rotatable bonds is 4. The van der Waals surface area contributed by atoms with Crippen LogP contribution >= 0.6 is 0 Å². The van der Waals surface area contributed by atoms with E-state index in [4.69, 9.17) is 5.11 Å². The van der Waals surface area contributed by atoms with Crippen LogP contribution in [-0.2, 0) is 21.9 Å². The molecule has 4 saturated carbocycles. The van der Waals surface area contributed by atoms with Crippen LogP contribution in [0.1, 0.15) is 85.0 Å². The molecule has 4 fully saturated rings. The van der Waals surface area contributed by atoms with Crippen molar-refractivity contribution in [1.82, 2.24) is 0 Å². The zero-order chi connectivity index (χ0) is 20.3. The molecular weight excluding hydrogens is 407 g/mol. The minimum absolute atomic E-state index is 0. The van der Waals surface area contributed by atoms with Crippen LogP contribution in [0.15, 0.2) is 0 Å². The maximum Gasteiger partial charge on any atom is 2.00 e. The van der Waals surface area contributed by atoms with Crippen LogP contribution in [0.5, 0.6) is 0 Å². The Labute approximate surface area is 186 Å². The molecule has 3 N–H and O–H groups in total. The second-order valence-electron chi connectivity index (χ2n) is 11.3. The van der Waals surface area contributed by atoms with Crippen molar-refractivity contribution in [2.24, 2.45) is 46.3 Å². The van der Waals surface area contributed by atoms with Crippen LogP contribution in [0.2, 0.25) is 0 Å². The Balaban J connectivity index is 0.00000240. The van der Waals surface area contributed by atoms with Gasteiger partial charge in [0, 0.05) is 6.42 Å². The third kappa shape index (κ3) is 3.73. The fraction of sp³-hybridized carbons (Fsp3) is 0.958. The van der Waals surface area contributed by atoms with Gasteiger partial charge in [0.1, 0.15) is 0 Å². The van der Waals surface area contributed by atoms with Crippen LogP contribution in [0.3, 0.4) is 0 Å². The van der Waals surface area contributed by atoms with E-state index in [0.29, 0.717) is 35.5 Å². The van der Waals surface area contributed by atoms with Gasteiger partial charge in [0.05, 0.1) is 12.2 Å². The molecule has 0 aromatic heterocycles. The number of aliphatic hydroxyl groups is 2. The molecule has 4 aliphatic carbocycles. The van der Waals surface area contributed by atoms with Crippen LogP contribution in [0.4, 0.5) is 0 Å². The fourth-order valence-corrected chi connectivity index (χ4v) is 8.71. The van der Waals surface area contributed by atoms with E-state index in [0.717, 1.165) is 38.5 Å². The Morgan fingerprint density at radius 1 is 1.03 bits per heavy atom. The van der Waals surface area contributed by atoms with E-state index >= 15 is 0 Å². The minimum atomic E-state index is -0.707. The Hall–Kier alpha value is -0.0905. The second-order valence-corrected chi connectivity index (χ2v) is 11.3. The molecule has 1 radical (unpaired) electrons. The third-order valence-electron chi connectivity index (χ3n) is 10.3. The molecule has 0 bridgehead atoms. The van der Waals surface area contributed by atoms with E-state index < -0.39 is 5.97 Å². The Kier molecular flexibility index (Phi) is 6.87. The SMILES string of the molecule is CC(CCC(=O)O)[C@H]1CC[C@H]2[C@@H]3CC[C@@H]4C[C@H](O)CC[C@]4(C)[C@H]3C[C@H](O)[C@]12C.[Mn+2]. The van der Waals surface area contributed by atoms with Crippen molar-refractivity contribution in [2.75, 3.05) is 0 Å². The Morgan fingerprint density at radius 2 is 1.76 bits per heavy atom. The first-order valence-electron chi connectivity index (χ1n) is 11.8. The molecule has 165 valence electrons. The van der Waals surface area contributed by atoms with Gasteiger partial charge >= 0.3 is 23.0 Å². The maximum absolute atomic E-state index is 11.5. The summed E-state index contributed by atoms with van der Waals surface area (Å²) in [5.41, 5.74) is 0.216. The molecule has 0 aliphatic heterocycles. The molecule has 10 atom stereocenters. The monoisotopic (exact) mass is 447 g/mol. The van der Waals surface area contributed by atoms with Crippen molar-refractivity contribution in [3.05, 3.63) is 0 Å². The van der Waals surface area contributed by atoms with Gasteiger partial charge in [-0.2, -0.15) is 0 Å². The summed E-state index contributed by atoms with van der Waals surface area (Å²) in [6.45, 7) is 6.99. The van der Waals surface area contributed by atoms with Crippen molar-refractivity contribution in [3.63, 3.8) is 0 Å². The van der Waals surface area contributed by atoms with E-state index in [1.54, 1.807) is 0 Å². The molecule has 0 aromatic rings. The number of carboxylic acids is 1. The average Bonchev–Trinajstić information content (AvgIpc) is 3.00. The quantitative estimate of drug-likeness (QED) is 0.556. The number of fused-ring (bicyclic) bond motifs is 5. The molecule has 0 saturated heterocycles. The topological polar surface area (TPSA) is 77.8 Å². The number of carboxylic acid groups (broad SMARTS) is 1. The van der Waals surface area contributed by atoms with E-state index in [1.807, 2.05) is 0 Å². The van der Waals surface area contributed by atoms with Gasteiger partial charge in [-0.25, -0.2) is 0 Å². The van der Waals surface area contributed by atoms with Gasteiger partial charge < -0.3 is 15.3 Å². The smallest absolute Gasteiger partial charge is 0.481 e. The van der Waals surface area contributed by atoms with Gasteiger partial charge in [0.2, 0.25) is 0 Å². The molecule has 0 spiro atoms. The fourth-order valence-electron chi connectivity index (χ4n) is 8.71. The number of aliphatic hydroxyl groups excluding tert-OH is 2. The van der Waals surface area contributed by atoms with Crippen LogP contribution in [0, 0.1) is 46.3 Å². The maximum atomic E-state index is 11.5. The molecule has 4 nitrogen and oxygen atoms in total. The molecule has 0 heterocycles. The van der Waals surface area contributed by atoms with Crippen molar-refractivity contribution >= 4 is 5.97 Å². The summed E-state index contributed by atoms with van der Waals surface area (Å²) in [5.74, 6) is 2.55. The predicted molar refractivity (Wildman–Crippen MR) is 109 cm³/mol. The van der Waals surface area contributed by atoms with Crippen molar-refractivity contribution in [3.8, 4) is 0 Å².